The number of rotatable bonds is 5. The molecule has 1 aliphatic rings. The average molecular weight is 312 g/mol. The highest BCUT2D eigenvalue weighted by atomic mass is 16.2. The maximum Gasteiger partial charge on any atom is 0.317 e. The molecule has 1 saturated heterocycles. The minimum atomic E-state index is 0.0514. The molecule has 0 saturated carbocycles. The molecular weight excluding hydrogens is 288 g/mol. The molecule has 2 amide bonds. The van der Waals surface area contributed by atoms with Gasteiger partial charge in [-0.25, -0.2) is 9.78 Å². The predicted octanol–water partition coefficient (Wildman–Crippen LogP) is 2.53. The number of nitrogens with one attached hydrogen (secondary N) is 1. The first-order chi connectivity index (χ1) is 11.2. The fourth-order valence-corrected chi connectivity index (χ4v) is 3.00. The molecule has 2 aromatic rings. The summed E-state index contributed by atoms with van der Waals surface area (Å²) in [5.41, 5.74) is 1.25. The first-order valence-electron chi connectivity index (χ1n) is 8.29. The molecule has 1 N–H and O–H groups in total. The van der Waals surface area contributed by atoms with E-state index in [2.05, 4.69) is 33.9 Å². The molecule has 1 fully saturated rings. The quantitative estimate of drug-likeness (QED) is 0.922. The minimum Gasteiger partial charge on any atom is -0.338 e. The Kier molecular flexibility index (Phi) is 4.95. The monoisotopic (exact) mass is 312 g/mol. The van der Waals surface area contributed by atoms with Gasteiger partial charge in [-0.05, 0) is 17.9 Å². The standard InChI is InChI=1S/C18H24N4O/c1-15-8-11-22(13-15)18(23)20-9-7-17-19-10-12-21(17)14-16-5-3-2-4-6-16/h2-6,10,12,15H,7-9,11,13-14H2,1H3,(H,20,23). The number of carbonyl (C=O) groups excluding carboxylic acids is 1. The normalized spacial score (nSPS) is 17.4. The second-order valence-electron chi connectivity index (χ2n) is 6.28. The maximum absolute atomic E-state index is 12.1. The van der Waals surface area contributed by atoms with Gasteiger partial charge in [0.05, 0.1) is 0 Å². The van der Waals surface area contributed by atoms with E-state index in [9.17, 15) is 4.79 Å². The Labute approximate surface area is 137 Å². The van der Waals surface area contributed by atoms with E-state index in [0.29, 0.717) is 12.5 Å². The molecule has 1 aromatic carbocycles. The summed E-state index contributed by atoms with van der Waals surface area (Å²) >= 11 is 0. The highest BCUT2D eigenvalue weighted by Gasteiger charge is 2.22. The third kappa shape index (κ3) is 4.12. The van der Waals surface area contributed by atoms with Crippen molar-refractivity contribution in [2.45, 2.75) is 26.3 Å². The fourth-order valence-electron chi connectivity index (χ4n) is 3.00. The van der Waals surface area contributed by atoms with Gasteiger partial charge in [-0.15, -0.1) is 0 Å². The molecule has 5 heteroatoms. The van der Waals surface area contributed by atoms with Crippen molar-refractivity contribution in [3.8, 4) is 0 Å². The van der Waals surface area contributed by atoms with Crippen LogP contribution >= 0.6 is 0 Å². The average Bonchev–Trinajstić information content (AvgIpc) is 3.18. The molecule has 5 nitrogen and oxygen atoms in total. The van der Waals surface area contributed by atoms with E-state index in [0.717, 1.165) is 38.3 Å². The Bertz CT molecular complexity index is 637. The van der Waals surface area contributed by atoms with Crippen molar-refractivity contribution in [3.63, 3.8) is 0 Å². The summed E-state index contributed by atoms with van der Waals surface area (Å²) in [6, 6.07) is 10.4. The van der Waals surface area contributed by atoms with Crippen molar-refractivity contribution in [3.05, 3.63) is 54.1 Å². The van der Waals surface area contributed by atoms with Crippen molar-refractivity contribution in [2.24, 2.45) is 5.92 Å². The zero-order valence-electron chi connectivity index (χ0n) is 13.6. The van der Waals surface area contributed by atoms with Crippen LogP contribution < -0.4 is 5.32 Å². The lowest BCUT2D eigenvalue weighted by atomic mass is 10.2. The zero-order valence-corrected chi connectivity index (χ0v) is 13.6. The second-order valence-corrected chi connectivity index (χ2v) is 6.28. The Morgan fingerprint density at radius 3 is 2.91 bits per heavy atom. The predicted molar refractivity (Wildman–Crippen MR) is 90.2 cm³/mol. The van der Waals surface area contributed by atoms with E-state index in [1.807, 2.05) is 35.5 Å². The Morgan fingerprint density at radius 2 is 2.17 bits per heavy atom. The van der Waals surface area contributed by atoms with Crippen LogP contribution in [-0.4, -0.2) is 40.1 Å². The number of hydrogen-bond acceptors (Lipinski definition) is 2. The smallest absolute Gasteiger partial charge is 0.317 e. The number of urea groups is 1. The van der Waals surface area contributed by atoms with Crippen molar-refractivity contribution in [1.29, 1.82) is 0 Å². The molecule has 0 radical (unpaired) electrons. The van der Waals surface area contributed by atoms with E-state index < -0.39 is 0 Å². The number of likely N-dealkylation sites (tertiary alicyclic amines) is 1. The van der Waals surface area contributed by atoms with Gasteiger partial charge in [0, 0.05) is 45.0 Å². The van der Waals surface area contributed by atoms with Crippen LogP contribution in [0.2, 0.25) is 0 Å². The van der Waals surface area contributed by atoms with Gasteiger partial charge >= 0.3 is 6.03 Å². The summed E-state index contributed by atoms with van der Waals surface area (Å²) in [7, 11) is 0. The van der Waals surface area contributed by atoms with Crippen LogP contribution in [0.15, 0.2) is 42.7 Å². The SMILES string of the molecule is CC1CCN(C(=O)NCCc2nccn2Cc2ccccc2)C1. The highest BCUT2D eigenvalue weighted by Crippen LogP contribution is 2.14. The Hall–Kier alpha value is -2.30. The van der Waals surface area contributed by atoms with E-state index in [1.54, 1.807) is 0 Å². The lowest BCUT2D eigenvalue weighted by molar-refractivity contribution is 0.207. The van der Waals surface area contributed by atoms with Crippen molar-refractivity contribution in [1.82, 2.24) is 19.8 Å². The van der Waals surface area contributed by atoms with Crippen LogP contribution in [0.5, 0.6) is 0 Å². The number of hydrogen-bond donors (Lipinski definition) is 1. The molecule has 23 heavy (non-hydrogen) atoms. The van der Waals surface area contributed by atoms with Gasteiger partial charge < -0.3 is 14.8 Å². The van der Waals surface area contributed by atoms with Crippen LogP contribution in [-0.2, 0) is 13.0 Å². The first-order valence-corrected chi connectivity index (χ1v) is 8.29. The summed E-state index contributed by atoms with van der Waals surface area (Å²) in [5, 5.41) is 3.01. The van der Waals surface area contributed by atoms with Gasteiger partial charge in [-0.2, -0.15) is 0 Å². The van der Waals surface area contributed by atoms with Crippen LogP contribution in [0.1, 0.15) is 24.7 Å². The van der Waals surface area contributed by atoms with Gasteiger partial charge in [0.25, 0.3) is 0 Å². The van der Waals surface area contributed by atoms with E-state index in [-0.39, 0.29) is 6.03 Å². The minimum absolute atomic E-state index is 0.0514. The highest BCUT2D eigenvalue weighted by molar-refractivity contribution is 5.74. The number of benzene rings is 1. The van der Waals surface area contributed by atoms with Gasteiger partial charge in [0.2, 0.25) is 0 Å². The van der Waals surface area contributed by atoms with Gasteiger partial charge in [-0.1, -0.05) is 37.3 Å². The van der Waals surface area contributed by atoms with Gasteiger partial charge in [0.1, 0.15) is 5.82 Å². The second kappa shape index (κ2) is 7.31. The Balaban J connectivity index is 1.49. The number of aromatic nitrogens is 2. The van der Waals surface area contributed by atoms with E-state index in [1.165, 1.54) is 5.56 Å². The molecule has 1 aromatic heterocycles. The Morgan fingerprint density at radius 1 is 1.35 bits per heavy atom. The molecule has 0 bridgehead atoms. The summed E-state index contributed by atoms with van der Waals surface area (Å²) in [6.45, 7) is 5.36. The molecule has 3 rings (SSSR count). The molecule has 122 valence electrons. The lowest BCUT2D eigenvalue weighted by Gasteiger charge is -2.16. The molecule has 2 heterocycles. The molecule has 0 spiro atoms. The summed E-state index contributed by atoms with van der Waals surface area (Å²) in [5.74, 6) is 1.62. The van der Waals surface area contributed by atoms with E-state index in [4.69, 9.17) is 0 Å². The van der Waals surface area contributed by atoms with Crippen molar-refractivity contribution < 1.29 is 4.79 Å². The number of nitrogens with zero attached hydrogens (tertiary/aromatic N) is 3. The number of amides is 2. The molecular formula is C18H24N4O. The zero-order chi connectivity index (χ0) is 16.1. The largest absolute Gasteiger partial charge is 0.338 e. The summed E-state index contributed by atoms with van der Waals surface area (Å²) in [6.07, 6.45) is 5.67. The molecule has 1 unspecified atom stereocenters. The summed E-state index contributed by atoms with van der Waals surface area (Å²) < 4.78 is 2.14. The van der Waals surface area contributed by atoms with Crippen LogP contribution in [0.4, 0.5) is 4.79 Å². The summed E-state index contributed by atoms with van der Waals surface area (Å²) in [4.78, 5) is 18.4. The third-order valence-corrected chi connectivity index (χ3v) is 4.33. The van der Waals surface area contributed by atoms with Crippen LogP contribution in [0, 0.1) is 5.92 Å². The number of carbonyl (C=O) groups is 1. The topological polar surface area (TPSA) is 50.2 Å². The van der Waals surface area contributed by atoms with Gasteiger partial charge in [0.15, 0.2) is 0 Å². The van der Waals surface area contributed by atoms with Gasteiger partial charge in [-0.3, -0.25) is 0 Å². The number of imidazole rings is 1. The van der Waals surface area contributed by atoms with Crippen LogP contribution in [0.25, 0.3) is 0 Å². The first kappa shape index (κ1) is 15.6. The fraction of sp³-hybridized carbons (Fsp3) is 0.444. The lowest BCUT2D eigenvalue weighted by Crippen LogP contribution is -2.39. The van der Waals surface area contributed by atoms with Crippen molar-refractivity contribution in [2.75, 3.05) is 19.6 Å². The third-order valence-electron chi connectivity index (χ3n) is 4.33. The molecule has 1 aliphatic heterocycles. The van der Waals surface area contributed by atoms with Crippen molar-refractivity contribution >= 4 is 6.03 Å². The van der Waals surface area contributed by atoms with Crippen LogP contribution in [0.3, 0.4) is 0 Å². The molecule has 0 aliphatic carbocycles. The molecule has 1 atom stereocenters. The maximum atomic E-state index is 12.1. The van der Waals surface area contributed by atoms with E-state index >= 15 is 0 Å².